The molecule has 1 aromatic rings. The summed E-state index contributed by atoms with van der Waals surface area (Å²) in [5.74, 6) is -1.15. The van der Waals surface area contributed by atoms with Crippen LogP contribution in [-0.4, -0.2) is 25.9 Å². The molecular weight excluding hydrogens is 342 g/mol. The normalized spacial score (nSPS) is 18.9. The van der Waals surface area contributed by atoms with E-state index in [2.05, 4.69) is 4.18 Å². The summed E-state index contributed by atoms with van der Waals surface area (Å²) in [6, 6.07) is 7.26. The van der Waals surface area contributed by atoms with Crippen molar-refractivity contribution in [3.05, 3.63) is 34.9 Å². The van der Waals surface area contributed by atoms with Gasteiger partial charge in [0.15, 0.2) is 5.79 Å². The molecular formula is C15H22ClNO5S. The highest BCUT2D eigenvalue weighted by Crippen LogP contribution is 2.38. The fourth-order valence-electron chi connectivity index (χ4n) is 2.77. The molecule has 130 valence electrons. The molecule has 8 heteroatoms. The molecule has 0 spiro atoms. The van der Waals surface area contributed by atoms with Gasteiger partial charge in [-0.2, -0.15) is 8.42 Å². The lowest BCUT2D eigenvalue weighted by atomic mass is 10.0. The van der Waals surface area contributed by atoms with Gasteiger partial charge in [0.05, 0.1) is 12.7 Å². The summed E-state index contributed by atoms with van der Waals surface area (Å²) in [7, 11) is -3.95. The van der Waals surface area contributed by atoms with Gasteiger partial charge in [-0.15, -0.1) is 0 Å². The lowest BCUT2D eigenvalue weighted by Crippen LogP contribution is -2.30. The van der Waals surface area contributed by atoms with Crippen molar-refractivity contribution in [1.29, 1.82) is 0 Å². The molecule has 0 radical (unpaired) electrons. The highest BCUT2D eigenvalue weighted by Gasteiger charge is 2.35. The SMILES string of the molecule is NS(=O)(=O)OCCCC(OC1(O)CCCC1)c1ccccc1Cl. The quantitative estimate of drug-likeness (QED) is 0.546. The topological polar surface area (TPSA) is 98.9 Å². The van der Waals surface area contributed by atoms with Crippen LogP contribution in [-0.2, 0) is 19.2 Å². The van der Waals surface area contributed by atoms with Crippen LogP contribution in [0.15, 0.2) is 24.3 Å². The van der Waals surface area contributed by atoms with Gasteiger partial charge in [0.25, 0.3) is 0 Å². The van der Waals surface area contributed by atoms with E-state index in [0.29, 0.717) is 30.7 Å². The zero-order valence-electron chi connectivity index (χ0n) is 12.8. The van der Waals surface area contributed by atoms with E-state index in [1.54, 1.807) is 6.07 Å². The molecule has 1 fully saturated rings. The molecule has 6 nitrogen and oxygen atoms in total. The van der Waals surface area contributed by atoms with Gasteiger partial charge in [0.2, 0.25) is 0 Å². The number of rotatable bonds is 8. The molecule has 0 aliphatic heterocycles. The summed E-state index contributed by atoms with van der Waals surface area (Å²) in [6.07, 6.45) is 3.43. The third kappa shape index (κ3) is 6.02. The Bertz CT molecular complexity index is 616. The highest BCUT2D eigenvalue weighted by atomic mass is 35.5. The van der Waals surface area contributed by atoms with Crippen LogP contribution in [0.25, 0.3) is 0 Å². The molecule has 1 aliphatic rings. The number of hydrogen-bond donors (Lipinski definition) is 2. The van der Waals surface area contributed by atoms with Crippen LogP contribution in [0.3, 0.4) is 0 Å². The van der Waals surface area contributed by atoms with Crippen molar-refractivity contribution in [1.82, 2.24) is 0 Å². The molecule has 0 bridgehead atoms. The van der Waals surface area contributed by atoms with Crippen LogP contribution < -0.4 is 5.14 Å². The Morgan fingerprint density at radius 2 is 1.96 bits per heavy atom. The van der Waals surface area contributed by atoms with Crippen LogP contribution in [0, 0.1) is 0 Å². The lowest BCUT2D eigenvalue weighted by molar-refractivity contribution is -0.228. The standard InChI is InChI=1S/C15H22ClNO5S/c16-13-7-2-1-6-12(13)14(8-5-11-21-23(17,19)20)22-15(18)9-3-4-10-15/h1-2,6-7,14,18H,3-5,8-11H2,(H2,17,19,20). The summed E-state index contributed by atoms with van der Waals surface area (Å²) in [5.41, 5.74) is 0.769. The lowest BCUT2D eigenvalue weighted by Gasteiger charge is -2.30. The van der Waals surface area contributed by atoms with Gasteiger partial charge in [0, 0.05) is 17.9 Å². The molecule has 1 saturated carbocycles. The fourth-order valence-corrected chi connectivity index (χ4v) is 3.38. The zero-order chi connectivity index (χ0) is 16.9. The third-order valence-corrected chi connectivity index (χ3v) is 4.70. The maximum atomic E-state index is 10.8. The van der Waals surface area contributed by atoms with E-state index >= 15 is 0 Å². The second-order valence-electron chi connectivity index (χ2n) is 5.74. The van der Waals surface area contributed by atoms with Gasteiger partial charge >= 0.3 is 10.3 Å². The number of aliphatic hydroxyl groups is 1. The predicted molar refractivity (Wildman–Crippen MR) is 87.0 cm³/mol. The Hall–Kier alpha value is -0.700. The predicted octanol–water partition coefficient (Wildman–Crippen LogP) is 2.66. The number of benzene rings is 1. The summed E-state index contributed by atoms with van der Waals surface area (Å²) < 4.78 is 32.1. The van der Waals surface area contributed by atoms with Gasteiger partial charge in [-0.3, -0.25) is 4.18 Å². The molecule has 1 aliphatic carbocycles. The van der Waals surface area contributed by atoms with E-state index in [-0.39, 0.29) is 6.61 Å². The van der Waals surface area contributed by atoms with Crippen molar-refractivity contribution < 1.29 is 22.4 Å². The van der Waals surface area contributed by atoms with E-state index in [1.165, 1.54) is 0 Å². The Balaban J connectivity index is 2.04. The van der Waals surface area contributed by atoms with Gasteiger partial charge in [-0.25, -0.2) is 5.14 Å². The average molecular weight is 364 g/mol. The smallest absolute Gasteiger partial charge is 0.333 e. The summed E-state index contributed by atoms with van der Waals surface area (Å²) in [5, 5.41) is 15.8. The second kappa shape index (κ2) is 7.92. The molecule has 1 atom stereocenters. The first-order valence-electron chi connectivity index (χ1n) is 7.61. The highest BCUT2D eigenvalue weighted by molar-refractivity contribution is 7.84. The minimum absolute atomic E-state index is 0.0401. The van der Waals surface area contributed by atoms with Crippen LogP contribution in [0.2, 0.25) is 5.02 Å². The van der Waals surface area contributed by atoms with Gasteiger partial charge < -0.3 is 9.84 Å². The van der Waals surface area contributed by atoms with Crippen molar-refractivity contribution in [2.45, 2.75) is 50.4 Å². The monoisotopic (exact) mass is 363 g/mol. The van der Waals surface area contributed by atoms with Crippen molar-refractivity contribution in [2.75, 3.05) is 6.61 Å². The van der Waals surface area contributed by atoms with Crippen LogP contribution >= 0.6 is 11.6 Å². The summed E-state index contributed by atoms with van der Waals surface area (Å²) >= 11 is 6.23. The number of nitrogens with two attached hydrogens (primary N) is 1. The Morgan fingerprint density at radius 1 is 1.30 bits per heavy atom. The molecule has 1 aromatic carbocycles. The molecule has 1 unspecified atom stereocenters. The molecule has 0 amide bonds. The second-order valence-corrected chi connectivity index (χ2v) is 7.37. The molecule has 0 aromatic heterocycles. The van der Waals surface area contributed by atoms with Gasteiger partial charge in [0.1, 0.15) is 0 Å². The van der Waals surface area contributed by atoms with E-state index in [1.807, 2.05) is 18.2 Å². The Labute approximate surface area is 141 Å². The van der Waals surface area contributed by atoms with E-state index < -0.39 is 22.2 Å². The van der Waals surface area contributed by atoms with Crippen LogP contribution in [0.4, 0.5) is 0 Å². The summed E-state index contributed by atoms with van der Waals surface area (Å²) in [6.45, 7) is -0.0401. The maximum absolute atomic E-state index is 10.8. The van der Waals surface area contributed by atoms with E-state index in [9.17, 15) is 13.5 Å². The first-order chi connectivity index (χ1) is 10.8. The zero-order valence-corrected chi connectivity index (χ0v) is 14.4. The average Bonchev–Trinajstić information content (AvgIpc) is 2.89. The first kappa shape index (κ1) is 18.6. The molecule has 3 N–H and O–H groups in total. The molecule has 0 saturated heterocycles. The van der Waals surface area contributed by atoms with Crippen molar-refractivity contribution in [2.24, 2.45) is 5.14 Å². The van der Waals surface area contributed by atoms with Crippen LogP contribution in [0.1, 0.15) is 50.2 Å². The van der Waals surface area contributed by atoms with Crippen molar-refractivity contribution in [3.8, 4) is 0 Å². The Morgan fingerprint density at radius 3 is 2.57 bits per heavy atom. The van der Waals surface area contributed by atoms with Gasteiger partial charge in [-0.05, 0) is 37.3 Å². The maximum Gasteiger partial charge on any atom is 0.333 e. The largest absolute Gasteiger partial charge is 0.365 e. The van der Waals surface area contributed by atoms with Crippen molar-refractivity contribution >= 4 is 21.9 Å². The third-order valence-electron chi connectivity index (χ3n) is 3.86. The van der Waals surface area contributed by atoms with Crippen LogP contribution in [0.5, 0.6) is 0 Å². The fraction of sp³-hybridized carbons (Fsp3) is 0.600. The minimum Gasteiger partial charge on any atom is -0.365 e. The Kier molecular flexibility index (Phi) is 6.41. The number of ether oxygens (including phenoxy) is 1. The number of hydrogen-bond acceptors (Lipinski definition) is 5. The minimum atomic E-state index is -3.95. The number of halogens is 1. The molecule has 2 rings (SSSR count). The summed E-state index contributed by atoms with van der Waals surface area (Å²) in [4.78, 5) is 0. The first-order valence-corrected chi connectivity index (χ1v) is 9.46. The van der Waals surface area contributed by atoms with Gasteiger partial charge in [-0.1, -0.05) is 29.8 Å². The van der Waals surface area contributed by atoms with E-state index in [0.717, 1.165) is 18.4 Å². The van der Waals surface area contributed by atoms with Crippen molar-refractivity contribution in [3.63, 3.8) is 0 Å². The molecule has 0 heterocycles. The molecule has 23 heavy (non-hydrogen) atoms. The van der Waals surface area contributed by atoms with E-state index in [4.69, 9.17) is 21.5 Å².